The highest BCUT2D eigenvalue weighted by atomic mass is 79.9. The van der Waals surface area contributed by atoms with E-state index in [0.29, 0.717) is 22.7 Å². The van der Waals surface area contributed by atoms with Gasteiger partial charge in [0.1, 0.15) is 6.07 Å². The number of halogens is 2. The van der Waals surface area contributed by atoms with Gasteiger partial charge < -0.3 is 10.3 Å². The van der Waals surface area contributed by atoms with E-state index in [4.69, 9.17) is 16.9 Å². The van der Waals surface area contributed by atoms with Crippen molar-refractivity contribution >= 4 is 33.4 Å². The van der Waals surface area contributed by atoms with Crippen molar-refractivity contribution in [3.8, 4) is 17.3 Å². The maximum absolute atomic E-state index is 12.2. The lowest BCUT2D eigenvalue weighted by molar-refractivity contribution is 0.0936. The normalized spacial score (nSPS) is 11.8. The molecule has 0 bridgehead atoms. The Morgan fingerprint density at radius 3 is 2.93 bits per heavy atom. The largest absolute Gasteiger partial charge is 0.355 e. The summed E-state index contributed by atoms with van der Waals surface area (Å²) in [6, 6.07) is 9.13. The molecule has 27 heavy (non-hydrogen) atoms. The molecule has 138 valence electrons. The first-order valence-electron chi connectivity index (χ1n) is 8.27. The molecule has 0 aliphatic heterocycles. The molecule has 2 heterocycles. The Morgan fingerprint density at radius 1 is 1.48 bits per heavy atom. The lowest BCUT2D eigenvalue weighted by atomic mass is 10.0. The summed E-state index contributed by atoms with van der Waals surface area (Å²) in [6.07, 6.45) is 3.51. The van der Waals surface area contributed by atoms with Crippen LogP contribution in [0.2, 0.25) is 5.02 Å². The standard InChI is InChI=1S/C19H17BrClN5O/c1-11(24-19(27)14-7-17(20)23-9-14)10-26-6-5-16(25-26)15-4-3-13(8-22)18(21)12(15)2/h3-7,9,11,23H,10H2,1-2H3,(H,24,27)/t11-/m0/s1. The molecule has 8 heteroatoms. The van der Waals surface area contributed by atoms with E-state index in [-0.39, 0.29) is 11.9 Å². The van der Waals surface area contributed by atoms with Gasteiger partial charge in [-0.1, -0.05) is 17.7 Å². The molecule has 2 N–H and O–H groups in total. The van der Waals surface area contributed by atoms with Crippen LogP contribution in [-0.4, -0.2) is 26.7 Å². The van der Waals surface area contributed by atoms with Gasteiger partial charge in [-0.2, -0.15) is 10.4 Å². The van der Waals surface area contributed by atoms with Crippen molar-refractivity contribution in [1.82, 2.24) is 20.1 Å². The number of nitrogens with zero attached hydrogens (tertiary/aromatic N) is 3. The summed E-state index contributed by atoms with van der Waals surface area (Å²) < 4.78 is 2.53. The zero-order valence-corrected chi connectivity index (χ0v) is 17.1. The van der Waals surface area contributed by atoms with Gasteiger partial charge in [-0.15, -0.1) is 0 Å². The Bertz CT molecular complexity index is 1030. The van der Waals surface area contributed by atoms with Crippen LogP contribution in [0.25, 0.3) is 11.3 Å². The monoisotopic (exact) mass is 445 g/mol. The Morgan fingerprint density at radius 2 is 2.26 bits per heavy atom. The molecule has 0 spiro atoms. The second kappa shape index (κ2) is 7.99. The zero-order chi connectivity index (χ0) is 19.6. The minimum absolute atomic E-state index is 0.107. The predicted octanol–water partition coefficient (Wildman–Crippen LogP) is 4.29. The quantitative estimate of drug-likeness (QED) is 0.613. The molecule has 3 rings (SSSR count). The summed E-state index contributed by atoms with van der Waals surface area (Å²) >= 11 is 9.53. The summed E-state index contributed by atoms with van der Waals surface area (Å²) in [4.78, 5) is 15.1. The predicted molar refractivity (Wildman–Crippen MR) is 108 cm³/mol. The van der Waals surface area contributed by atoms with Crippen molar-refractivity contribution in [2.24, 2.45) is 0 Å². The van der Waals surface area contributed by atoms with Crippen molar-refractivity contribution in [2.45, 2.75) is 26.4 Å². The number of H-pyrrole nitrogens is 1. The number of amides is 1. The van der Waals surface area contributed by atoms with Crippen molar-refractivity contribution in [3.05, 3.63) is 63.0 Å². The second-order valence-corrected chi connectivity index (χ2v) is 7.48. The van der Waals surface area contributed by atoms with Crippen molar-refractivity contribution < 1.29 is 4.79 Å². The summed E-state index contributed by atoms with van der Waals surface area (Å²) in [6.45, 7) is 4.32. The molecule has 0 unspecified atom stereocenters. The van der Waals surface area contributed by atoms with Crippen LogP contribution in [-0.2, 0) is 6.54 Å². The molecule has 1 amide bonds. The van der Waals surface area contributed by atoms with E-state index >= 15 is 0 Å². The van der Waals surface area contributed by atoms with Gasteiger partial charge in [0, 0.05) is 24.0 Å². The molecular formula is C19H17BrClN5O. The van der Waals surface area contributed by atoms with E-state index in [2.05, 4.69) is 37.4 Å². The number of hydrogen-bond acceptors (Lipinski definition) is 3. The van der Waals surface area contributed by atoms with Gasteiger partial charge in [-0.25, -0.2) is 0 Å². The number of carbonyl (C=O) groups is 1. The summed E-state index contributed by atoms with van der Waals surface area (Å²) in [7, 11) is 0. The van der Waals surface area contributed by atoms with Gasteiger partial charge in [-0.05, 0) is 53.5 Å². The fourth-order valence-electron chi connectivity index (χ4n) is 2.79. The van der Waals surface area contributed by atoms with Crippen LogP contribution < -0.4 is 5.32 Å². The first kappa shape index (κ1) is 19.2. The van der Waals surface area contributed by atoms with E-state index in [0.717, 1.165) is 21.4 Å². The van der Waals surface area contributed by atoms with Crippen molar-refractivity contribution in [1.29, 1.82) is 5.26 Å². The number of hydrogen-bond donors (Lipinski definition) is 2. The molecule has 1 aromatic carbocycles. The minimum Gasteiger partial charge on any atom is -0.355 e. The third-order valence-corrected chi connectivity index (χ3v) is 5.12. The maximum atomic E-state index is 12.2. The lowest BCUT2D eigenvalue weighted by Crippen LogP contribution is -2.35. The van der Waals surface area contributed by atoms with Gasteiger partial charge in [0.25, 0.3) is 5.91 Å². The first-order chi connectivity index (χ1) is 12.9. The summed E-state index contributed by atoms with van der Waals surface area (Å²) in [5.41, 5.74) is 3.49. The smallest absolute Gasteiger partial charge is 0.253 e. The summed E-state index contributed by atoms with van der Waals surface area (Å²) in [5, 5.41) is 17.0. The van der Waals surface area contributed by atoms with Crippen LogP contribution in [0.15, 0.2) is 41.3 Å². The van der Waals surface area contributed by atoms with Gasteiger partial charge in [0.15, 0.2) is 0 Å². The Kier molecular flexibility index (Phi) is 5.68. The fraction of sp³-hybridized carbons (Fsp3) is 0.211. The molecule has 2 aromatic heterocycles. The summed E-state index contributed by atoms with van der Waals surface area (Å²) in [5.74, 6) is -0.147. The average Bonchev–Trinajstić information content (AvgIpc) is 3.26. The number of carbonyl (C=O) groups excluding carboxylic acids is 1. The Balaban J connectivity index is 1.70. The van der Waals surface area contributed by atoms with Gasteiger partial charge in [-0.3, -0.25) is 9.48 Å². The van der Waals surface area contributed by atoms with E-state index in [9.17, 15) is 4.79 Å². The number of nitriles is 1. The highest BCUT2D eigenvalue weighted by Crippen LogP contribution is 2.29. The number of benzene rings is 1. The minimum atomic E-state index is -0.147. The van der Waals surface area contributed by atoms with Crippen LogP contribution in [0, 0.1) is 18.3 Å². The molecule has 0 fully saturated rings. The lowest BCUT2D eigenvalue weighted by Gasteiger charge is -2.13. The fourth-order valence-corrected chi connectivity index (χ4v) is 3.36. The molecule has 0 saturated carbocycles. The van der Waals surface area contributed by atoms with Crippen LogP contribution in [0.3, 0.4) is 0 Å². The molecule has 0 aliphatic rings. The van der Waals surface area contributed by atoms with Gasteiger partial charge >= 0.3 is 0 Å². The van der Waals surface area contributed by atoms with Gasteiger partial charge in [0.05, 0.1) is 33.0 Å². The molecule has 6 nitrogen and oxygen atoms in total. The van der Waals surface area contributed by atoms with E-state index < -0.39 is 0 Å². The van der Waals surface area contributed by atoms with E-state index in [1.807, 2.05) is 32.2 Å². The molecular weight excluding hydrogens is 430 g/mol. The van der Waals surface area contributed by atoms with Gasteiger partial charge in [0.2, 0.25) is 0 Å². The van der Waals surface area contributed by atoms with Crippen molar-refractivity contribution in [2.75, 3.05) is 0 Å². The van der Waals surface area contributed by atoms with Crippen LogP contribution in [0.5, 0.6) is 0 Å². The molecule has 1 atom stereocenters. The number of aromatic amines is 1. The molecule has 3 aromatic rings. The molecule has 0 radical (unpaired) electrons. The SMILES string of the molecule is Cc1c(-c2ccn(C[C@H](C)NC(=O)c3c[nH]c(Br)c3)n2)ccc(C#N)c1Cl. The van der Waals surface area contributed by atoms with Crippen LogP contribution in [0.1, 0.15) is 28.4 Å². The second-order valence-electron chi connectivity index (χ2n) is 6.25. The topological polar surface area (TPSA) is 86.5 Å². The third-order valence-electron chi connectivity index (χ3n) is 4.17. The molecule has 0 saturated heterocycles. The highest BCUT2D eigenvalue weighted by Gasteiger charge is 2.14. The van der Waals surface area contributed by atoms with E-state index in [1.54, 1.807) is 23.0 Å². The molecule has 0 aliphatic carbocycles. The third kappa shape index (κ3) is 4.24. The Labute approximate surface area is 170 Å². The van der Waals surface area contributed by atoms with Crippen molar-refractivity contribution in [3.63, 3.8) is 0 Å². The first-order valence-corrected chi connectivity index (χ1v) is 9.44. The van der Waals surface area contributed by atoms with E-state index in [1.165, 1.54) is 0 Å². The highest BCUT2D eigenvalue weighted by molar-refractivity contribution is 9.10. The number of nitrogens with one attached hydrogen (secondary N) is 2. The zero-order valence-electron chi connectivity index (χ0n) is 14.8. The Hall–Kier alpha value is -2.56. The maximum Gasteiger partial charge on any atom is 0.253 e. The van der Waals surface area contributed by atoms with Crippen LogP contribution in [0.4, 0.5) is 0 Å². The average molecular weight is 447 g/mol. The number of aromatic nitrogens is 3. The van der Waals surface area contributed by atoms with Crippen LogP contribution >= 0.6 is 27.5 Å². The number of rotatable bonds is 5.